The molecule has 4 nitrogen and oxygen atoms in total. The molecule has 0 atom stereocenters. The lowest BCUT2D eigenvalue weighted by atomic mass is 9.85. The molecule has 0 unspecified atom stereocenters. The fourth-order valence-corrected chi connectivity index (χ4v) is 2.54. The van der Waals surface area contributed by atoms with E-state index in [0.29, 0.717) is 17.9 Å². The molecule has 1 aliphatic carbocycles. The van der Waals surface area contributed by atoms with Gasteiger partial charge in [-0.2, -0.15) is 0 Å². The van der Waals surface area contributed by atoms with Crippen molar-refractivity contribution in [2.45, 2.75) is 38.5 Å². The van der Waals surface area contributed by atoms with Gasteiger partial charge in [0.15, 0.2) is 5.78 Å². The van der Waals surface area contributed by atoms with Crippen LogP contribution in [-0.4, -0.2) is 10.7 Å². The Hall–Kier alpha value is -1.71. The number of benzene rings is 1. The quantitative estimate of drug-likeness (QED) is 0.462. The number of ketones is 1. The molecule has 18 heavy (non-hydrogen) atoms. The van der Waals surface area contributed by atoms with Crippen molar-refractivity contribution >= 4 is 11.5 Å². The second-order valence-electron chi connectivity index (χ2n) is 4.94. The first-order chi connectivity index (χ1) is 8.66. The molecule has 1 aromatic carbocycles. The number of carbonyl (C=O) groups is 1. The predicted molar refractivity (Wildman–Crippen MR) is 68.6 cm³/mol. The van der Waals surface area contributed by atoms with Gasteiger partial charge in [0.1, 0.15) is 0 Å². The Labute approximate surface area is 106 Å². The summed E-state index contributed by atoms with van der Waals surface area (Å²) in [4.78, 5) is 22.1. The summed E-state index contributed by atoms with van der Waals surface area (Å²) in [6, 6.07) is 5.91. The van der Waals surface area contributed by atoms with Crippen LogP contribution in [0.25, 0.3) is 0 Å². The molecule has 0 amide bonds. The van der Waals surface area contributed by atoms with Crippen LogP contribution in [0.1, 0.15) is 48.9 Å². The van der Waals surface area contributed by atoms with Crippen LogP contribution in [0.4, 0.5) is 5.69 Å². The Morgan fingerprint density at radius 3 is 2.33 bits per heavy atom. The van der Waals surface area contributed by atoms with E-state index in [4.69, 9.17) is 0 Å². The third-order valence-corrected chi connectivity index (χ3v) is 3.60. The van der Waals surface area contributed by atoms with Gasteiger partial charge in [-0.25, -0.2) is 0 Å². The molecule has 0 aliphatic heterocycles. The molecular weight excluding hydrogens is 230 g/mol. The number of nitro groups is 1. The molecule has 0 heterocycles. The number of carbonyl (C=O) groups excluding carboxylic acids is 1. The van der Waals surface area contributed by atoms with E-state index < -0.39 is 4.92 Å². The average Bonchev–Trinajstić information content (AvgIpc) is 2.40. The summed E-state index contributed by atoms with van der Waals surface area (Å²) in [5.41, 5.74) is 0.621. The number of nitrogens with zero attached hydrogens (tertiary/aromatic N) is 1. The maximum absolute atomic E-state index is 12.0. The molecule has 4 heteroatoms. The van der Waals surface area contributed by atoms with Crippen molar-refractivity contribution < 1.29 is 9.72 Å². The van der Waals surface area contributed by atoms with Crippen LogP contribution in [0.5, 0.6) is 0 Å². The molecule has 0 saturated heterocycles. The third-order valence-electron chi connectivity index (χ3n) is 3.60. The van der Waals surface area contributed by atoms with Gasteiger partial charge in [-0.1, -0.05) is 32.1 Å². The molecule has 1 aromatic rings. The van der Waals surface area contributed by atoms with Crippen LogP contribution in [-0.2, 0) is 0 Å². The predicted octanol–water partition coefficient (Wildman–Crippen LogP) is 3.75. The van der Waals surface area contributed by atoms with E-state index in [1.165, 1.54) is 31.4 Å². The fourth-order valence-electron chi connectivity index (χ4n) is 2.54. The summed E-state index contributed by atoms with van der Waals surface area (Å²) in [6.07, 6.45) is 6.58. The van der Waals surface area contributed by atoms with E-state index >= 15 is 0 Å². The zero-order chi connectivity index (χ0) is 13.0. The lowest BCUT2D eigenvalue weighted by Crippen LogP contribution is -2.12. The number of Topliss-reactive ketones (excluding diaryl/α,β-unsaturated/α-hetero) is 1. The second kappa shape index (κ2) is 5.76. The summed E-state index contributed by atoms with van der Waals surface area (Å²) >= 11 is 0. The first kappa shape index (κ1) is 12.7. The maximum atomic E-state index is 12.0. The summed E-state index contributed by atoms with van der Waals surface area (Å²) in [5, 5.41) is 10.5. The van der Waals surface area contributed by atoms with E-state index in [2.05, 4.69) is 0 Å². The van der Waals surface area contributed by atoms with Crippen LogP contribution < -0.4 is 0 Å². The molecule has 0 N–H and O–H groups in total. The highest BCUT2D eigenvalue weighted by Crippen LogP contribution is 2.27. The molecule has 1 saturated carbocycles. The van der Waals surface area contributed by atoms with Crippen LogP contribution in [0.3, 0.4) is 0 Å². The summed E-state index contributed by atoms with van der Waals surface area (Å²) in [5.74, 6) is 0.609. The lowest BCUT2D eigenvalue weighted by molar-refractivity contribution is -0.384. The first-order valence-electron chi connectivity index (χ1n) is 6.44. The molecule has 1 fully saturated rings. The molecule has 1 aliphatic rings. The van der Waals surface area contributed by atoms with Gasteiger partial charge in [0, 0.05) is 24.1 Å². The van der Waals surface area contributed by atoms with Crippen LogP contribution in [0, 0.1) is 16.0 Å². The minimum absolute atomic E-state index is 0.0317. The smallest absolute Gasteiger partial charge is 0.269 e. The number of nitro benzene ring substituents is 1. The van der Waals surface area contributed by atoms with E-state index in [0.717, 1.165) is 12.8 Å². The third kappa shape index (κ3) is 3.15. The summed E-state index contributed by atoms with van der Waals surface area (Å²) in [7, 11) is 0. The highest BCUT2D eigenvalue weighted by Gasteiger charge is 2.18. The van der Waals surface area contributed by atoms with Gasteiger partial charge in [0.05, 0.1) is 4.92 Å². The second-order valence-corrected chi connectivity index (χ2v) is 4.94. The van der Waals surface area contributed by atoms with Crippen molar-refractivity contribution in [3.8, 4) is 0 Å². The monoisotopic (exact) mass is 247 g/mol. The Balaban J connectivity index is 1.97. The summed E-state index contributed by atoms with van der Waals surface area (Å²) in [6.45, 7) is 0. The van der Waals surface area contributed by atoms with E-state index in [1.807, 2.05) is 0 Å². The van der Waals surface area contributed by atoms with E-state index in [9.17, 15) is 14.9 Å². The largest absolute Gasteiger partial charge is 0.294 e. The number of rotatable bonds is 4. The van der Waals surface area contributed by atoms with Gasteiger partial charge in [0.25, 0.3) is 5.69 Å². The standard InChI is InChI=1S/C14H17NO3/c16-14(10-11-4-2-1-3-5-11)12-6-8-13(9-7-12)15(17)18/h6-9,11H,1-5,10H2. The van der Waals surface area contributed by atoms with Gasteiger partial charge < -0.3 is 0 Å². The molecule has 0 spiro atoms. The van der Waals surface area contributed by atoms with Crippen molar-refractivity contribution in [1.82, 2.24) is 0 Å². The highest BCUT2D eigenvalue weighted by molar-refractivity contribution is 5.96. The molecule has 2 rings (SSSR count). The van der Waals surface area contributed by atoms with Gasteiger partial charge in [0.2, 0.25) is 0 Å². The zero-order valence-corrected chi connectivity index (χ0v) is 10.3. The molecule has 0 bridgehead atoms. The number of hydrogen-bond acceptors (Lipinski definition) is 3. The van der Waals surface area contributed by atoms with Crippen molar-refractivity contribution in [3.63, 3.8) is 0 Å². The number of hydrogen-bond donors (Lipinski definition) is 0. The Kier molecular flexibility index (Phi) is 4.07. The van der Waals surface area contributed by atoms with E-state index in [-0.39, 0.29) is 11.5 Å². The maximum Gasteiger partial charge on any atom is 0.269 e. The average molecular weight is 247 g/mol. The van der Waals surface area contributed by atoms with Crippen molar-refractivity contribution in [2.24, 2.45) is 5.92 Å². The SMILES string of the molecule is O=C(CC1CCCCC1)c1ccc([N+](=O)[O-])cc1. The normalized spacial score (nSPS) is 16.4. The van der Waals surface area contributed by atoms with Crippen LogP contribution in [0.2, 0.25) is 0 Å². The highest BCUT2D eigenvalue weighted by atomic mass is 16.6. The molecule has 0 aromatic heterocycles. The fraction of sp³-hybridized carbons (Fsp3) is 0.500. The van der Waals surface area contributed by atoms with Crippen LogP contribution >= 0.6 is 0 Å². The molecular formula is C14H17NO3. The Morgan fingerprint density at radius 1 is 1.17 bits per heavy atom. The van der Waals surface area contributed by atoms with Gasteiger partial charge in [-0.3, -0.25) is 14.9 Å². The summed E-state index contributed by atoms with van der Waals surface area (Å²) < 4.78 is 0. The minimum atomic E-state index is -0.449. The van der Waals surface area contributed by atoms with Gasteiger partial charge in [-0.05, 0) is 18.1 Å². The number of non-ortho nitro benzene ring substituents is 1. The van der Waals surface area contributed by atoms with E-state index in [1.54, 1.807) is 12.1 Å². The van der Waals surface area contributed by atoms with Crippen molar-refractivity contribution in [1.29, 1.82) is 0 Å². The Bertz CT molecular complexity index is 433. The van der Waals surface area contributed by atoms with Gasteiger partial charge >= 0.3 is 0 Å². The topological polar surface area (TPSA) is 60.2 Å². The van der Waals surface area contributed by atoms with Crippen LogP contribution in [0.15, 0.2) is 24.3 Å². The molecule has 0 radical (unpaired) electrons. The zero-order valence-electron chi connectivity index (χ0n) is 10.3. The lowest BCUT2D eigenvalue weighted by Gasteiger charge is -2.20. The van der Waals surface area contributed by atoms with Gasteiger partial charge in [-0.15, -0.1) is 0 Å². The first-order valence-corrected chi connectivity index (χ1v) is 6.44. The van der Waals surface area contributed by atoms with Crippen molar-refractivity contribution in [2.75, 3.05) is 0 Å². The molecule has 96 valence electrons. The van der Waals surface area contributed by atoms with Crippen molar-refractivity contribution in [3.05, 3.63) is 39.9 Å². The Morgan fingerprint density at radius 2 is 1.78 bits per heavy atom. The minimum Gasteiger partial charge on any atom is -0.294 e.